The van der Waals surface area contributed by atoms with Gasteiger partial charge in [-0.05, 0) is 19.3 Å². The van der Waals surface area contributed by atoms with Gasteiger partial charge in [-0.3, -0.25) is 0 Å². The van der Waals surface area contributed by atoms with Gasteiger partial charge in [-0.25, -0.2) is 23.1 Å². The van der Waals surface area contributed by atoms with Crippen molar-refractivity contribution in [3.05, 3.63) is 17.8 Å². The molecular formula is C13H16F3N3. The summed E-state index contributed by atoms with van der Waals surface area (Å²) < 4.78 is 40.7. The number of piperidine rings is 1. The number of alkyl halides is 2. The van der Waals surface area contributed by atoms with Crippen molar-refractivity contribution in [3.63, 3.8) is 0 Å². The zero-order valence-electron chi connectivity index (χ0n) is 10.8. The van der Waals surface area contributed by atoms with Crippen LogP contribution in [0.4, 0.5) is 19.0 Å². The van der Waals surface area contributed by atoms with E-state index in [1.54, 1.807) is 4.90 Å². The maximum Gasteiger partial charge on any atom is 0.254 e. The summed E-state index contributed by atoms with van der Waals surface area (Å²) in [5.74, 6) is -2.67. The summed E-state index contributed by atoms with van der Waals surface area (Å²) in [6, 6.07) is 0. The van der Waals surface area contributed by atoms with Crippen molar-refractivity contribution in [2.24, 2.45) is 5.41 Å². The molecule has 2 heterocycles. The molecule has 0 amide bonds. The van der Waals surface area contributed by atoms with Crippen LogP contribution in [-0.2, 0) is 6.42 Å². The van der Waals surface area contributed by atoms with Crippen molar-refractivity contribution < 1.29 is 13.2 Å². The molecule has 1 aliphatic carbocycles. The molecule has 1 aromatic rings. The Morgan fingerprint density at radius 3 is 2.42 bits per heavy atom. The van der Waals surface area contributed by atoms with Crippen LogP contribution >= 0.6 is 0 Å². The summed E-state index contributed by atoms with van der Waals surface area (Å²) in [4.78, 5) is 9.61. The van der Waals surface area contributed by atoms with Gasteiger partial charge in [0.15, 0.2) is 11.6 Å². The van der Waals surface area contributed by atoms with E-state index < -0.39 is 17.2 Å². The smallest absolute Gasteiger partial charge is 0.254 e. The minimum absolute atomic E-state index is 0.0136. The second kappa shape index (κ2) is 4.08. The van der Waals surface area contributed by atoms with E-state index in [4.69, 9.17) is 0 Å². The Morgan fingerprint density at radius 2 is 1.89 bits per heavy atom. The van der Waals surface area contributed by atoms with Crippen LogP contribution in [0.2, 0.25) is 0 Å². The Kier molecular flexibility index (Phi) is 2.73. The number of rotatable bonds is 2. The molecule has 3 nitrogen and oxygen atoms in total. The molecule has 1 saturated carbocycles. The maximum absolute atomic E-state index is 14.1. The summed E-state index contributed by atoms with van der Waals surface area (Å²) in [6.45, 7) is 2.70. The van der Waals surface area contributed by atoms with Crippen molar-refractivity contribution in [2.75, 3.05) is 18.0 Å². The van der Waals surface area contributed by atoms with Gasteiger partial charge in [0.05, 0.1) is 5.69 Å². The number of aryl methyl sites for hydroxylation is 1. The molecule has 3 rings (SSSR count). The largest absolute Gasteiger partial charge is 0.354 e. The summed E-state index contributed by atoms with van der Waals surface area (Å²) in [5, 5.41) is 0. The van der Waals surface area contributed by atoms with Crippen LogP contribution in [0.1, 0.15) is 31.9 Å². The standard InChI is InChI=1S/C13H16F3N3/c1-2-9-10(14)11(18-8-17-9)19-5-3-12(4-6-19)7-13(12,15)16/h8H,2-7H2,1H3. The van der Waals surface area contributed by atoms with Gasteiger partial charge in [0.2, 0.25) is 0 Å². The fourth-order valence-electron chi connectivity index (χ4n) is 2.93. The Balaban J connectivity index is 1.76. The highest BCUT2D eigenvalue weighted by molar-refractivity contribution is 5.42. The first-order valence-electron chi connectivity index (χ1n) is 6.61. The SMILES string of the molecule is CCc1ncnc(N2CCC3(CC2)CC3(F)F)c1F. The molecule has 1 aliphatic heterocycles. The van der Waals surface area contributed by atoms with Crippen LogP contribution < -0.4 is 4.90 Å². The maximum atomic E-state index is 14.1. The number of halogens is 3. The van der Waals surface area contributed by atoms with Crippen molar-refractivity contribution in [1.29, 1.82) is 0 Å². The molecule has 1 aromatic heterocycles. The Morgan fingerprint density at radius 1 is 1.26 bits per heavy atom. The number of anilines is 1. The molecular weight excluding hydrogens is 255 g/mol. The van der Waals surface area contributed by atoms with E-state index in [1.165, 1.54) is 6.33 Å². The minimum Gasteiger partial charge on any atom is -0.354 e. The minimum atomic E-state index is -2.52. The third kappa shape index (κ3) is 1.88. The van der Waals surface area contributed by atoms with Gasteiger partial charge >= 0.3 is 0 Å². The summed E-state index contributed by atoms with van der Waals surface area (Å²) in [5.41, 5.74) is -0.442. The van der Waals surface area contributed by atoms with Crippen LogP contribution in [0.15, 0.2) is 6.33 Å². The second-order valence-corrected chi connectivity index (χ2v) is 5.46. The zero-order valence-corrected chi connectivity index (χ0v) is 10.8. The molecule has 0 radical (unpaired) electrons. The first-order valence-corrected chi connectivity index (χ1v) is 6.61. The van der Waals surface area contributed by atoms with E-state index in [2.05, 4.69) is 9.97 Å². The molecule has 0 unspecified atom stereocenters. The van der Waals surface area contributed by atoms with Crippen LogP contribution in [0.5, 0.6) is 0 Å². The van der Waals surface area contributed by atoms with E-state index in [0.717, 1.165) is 0 Å². The normalized spacial score (nSPS) is 23.7. The van der Waals surface area contributed by atoms with Gasteiger partial charge in [-0.2, -0.15) is 0 Å². The van der Waals surface area contributed by atoms with Crippen molar-refractivity contribution in [2.45, 2.75) is 38.5 Å². The van der Waals surface area contributed by atoms with Crippen molar-refractivity contribution in [3.8, 4) is 0 Å². The first-order chi connectivity index (χ1) is 8.99. The molecule has 1 spiro atoms. The third-order valence-electron chi connectivity index (χ3n) is 4.41. The monoisotopic (exact) mass is 271 g/mol. The first kappa shape index (κ1) is 12.7. The average molecular weight is 271 g/mol. The van der Waals surface area contributed by atoms with Gasteiger partial charge in [-0.15, -0.1) is 0 Å². The molecule has 2 fully saturated rings. The molecule has 2 aliphatic rings. The van der Waals surface area contributed by atoms with Crippen molar-refractivity contribution >= 4 is 5.82 Å². The lowest BCUT2D eigenvalue weighted by atomic mass is 9.93. The lowest BCUT2D eigenvalue weighted by molar-refractivity contribution is 0.0536. The fraction of sp³-hybridized carbons (Fsp3) is 0.692. The molecule has 1 saturated heterocycles. The molecule has 0 bridgehead atoms. The highest BCUT2D eigenvalue weighted by atomic mass is 19.3. The van der Waals surface area contributed by atoms with E-state index in [1.807, 2.05) is 6.92 Å². The molecule has 19 heavy (non-hydrogen) atoms. The quantitative estimate of drug-likeness (QED) is 0.828. The van der Waals surface area contributed by atoms with Crippen LogP contribution in [0, 0.1) is 11.2 Å². The summed E-state index contributed by atoms with van der Waals surface area (Å²) in [7, 11) is 0. The van der Waals surface area contributed by atoms with Crippen LogP contribution in [-0.4, -0.2) is 29.0 Å². The number of hydrogen-bond donors (Lipinski definition) is 0. The fourth-order valence-corrected chi connectivity index (χ4v) is 2.93. The number of hydrogen-bond acceptors (Lipinski definition) is 3. The van der Waals surface area contributed by atoms with E-state index >= 15 is 0 Å². The Bertz CT molecular complexity index is 496. The van der Waals surface area contributed by atoms with Gasteiger partial charge in [0.25, 0.3) is 5.92 Å². The Hall–Kier alpha value is -1.33. The van der Waals surface area contributed by atoms with Gasteiger partial charge in [0, 0.05) is 24.9 Å². The van der Waals surface area contributed by atoms with Gasteiger partial charge in [-0.1, -0.05) is 6.92 Å². The molecule has 0 aromatic carbocycles. The predicted molar refractivity (Wildman–Crippen MR) is 64.8 cm³/mol. The molecule has 6 heteroatoms. The van der Waals surface area contributed by atoms with Gasteiger partial charge < -0.3 is 4.90 Å². The van der Waals surface area contributed by atoms with Gasteiger partial charge in [0.1, 0.15) is 6.33 Å². The molecule has 104 valence electrons. The summed E-state index contributed by atoms with van der Waals surface area (Å²) in [6.07, 6.45) is 2.64. The number of aromatic nitrogens is 2. The van der Waals surface area contributed by atoms with E-state index in [0.29, 0.717) is 38.0 Å². The predicted octanol–water partition coefficient (Wildman–Crippen LogP) is 2.80. The Labute approximate surface area is 109 Å². The number of nitrogens with zero attached hydrogens (tertiary/aromatic N) is 3. The topological polar surface area (TPSA) is 29.0 Å². The van der Waals surface area contributed by atoms with Crippen LogP contribution in [0.25, 0.3) is 0 Å². The highest BCUT2D eigenvalue weighted by Crippen LogP contribution is 2.65. The lowest BCUT2D eigenvalue weighted by Gasteiger charge is -2.33. The lowest BCUT2D eigenvalue weighted by Crippen LogP contribution is -2.37. The average Bonchev–Trinajstić information content (AvgIpc) is 2.92. The highest BCUT2D eigenvalue weighted by Gasteiger charge is 2.70. The molecule has 0 N–H and O–H groups in total. The second-order valence-electron chi connectivity index (χ2n) is 5.46. The third-order valence-corrected chi connectivity index (χ3v) is 4.41. The zero-order chi connectivity index (χ0) is 13.7. The van der Waals surface area contributed by atoms with Crippen molar-refractivity contribution in [1.82, 2.24) is 9.97 Å². The summed E-state index contributed by atoms with van der Waals surface area (Å²) >= 11 is 0. The van der Waals surface area contributed by atoms with E-state index in [-0.39, 0.29) is 12.2 Å². The molecule has 0 atom stereocenters. The van der Waals surface area contributed by atoms with Crippen LogP contribution in [0.3, 0.4) is 0 Å². The van der Waals surface area contributed by atoms with E-state index in [9.17, 15) is 13.2 Å².